The van der Waals surface area contributed by atoms with Gasteiger partial charge in [-0.2, -0.15) is 9.44 Å². The lowest BCUT2D eigenvalue weighted by molar-refractivity contribution is -0.149. The molecule has 2 aliphatic rings. The van der Waals surface area contributed by atoms with Crippen molar-refractivity contribution >= 4 is 92.7 Å². The highest BCUT2D eigenvalue weighted by molar-refractivity contribution is 7.91. The molecule has 2 atom stereocenters. The number of likely N-dealkylation sites (tertiary alicyclic amines) is 2. The SMILES string of the molecule is CC1CCN(C(=O)C(CCc2ccccc2S(C)(=O)=O)NS(=O)(=O)c2cccc3[nH]ccc23)CC1.COC(=O)C1CCN(C(=O)C(CCc2ccccc2Cl)NS(=O)(=O)c2cccc3[nH]cc(Cl)c23)CC1. The van der Waals surface area contributed by atoms with Gasteiger partial charge in [-0.1, -0.05) is 78.7 Å². The second kappa shape index (κ2) is 23.1. The minimum absolute atomic E-state index is 0.00815. The number of amides is 2. The lowest BCUT2D eigenvalue weighted by Gasteiger charge is -2.33. The Bertz CT molecular complexity index is 3220. The number of sulfone groups is 1. The molecule has 2 amide bonds. The first-order valence-electron chi connectivity index (χ1n) is 23.3. The second-order valence-electron chi connectivity index (χ2n) is 18.0. The summed E-state index contributed by atoms with van der Waals surface area (Å²) in [5.41, 5.74) is 2.64. The van der Waals surface area contributed by atoms with Crippen LogP contribution in [0.3, 0.4) is 0 Å². The molecular formula is C50H58Cl2N6O10S3. The van der Waals surface area contributed by atoms with Crippen LogP contribution in [0.2, 0.25) is 10.0 Å². The van der Waals surface area contributed by atoms with E-state index in [2.05, 4.69) is 26.3 Å². The molecule has 2 aromatic heterocycles. The number of methoxy groups -OCH3 is 1. The minimum Gasteiger partial charge on any atom is -0.469 e. The molecule has 71 heavy (non-hydrogen) atoms. The van der Waals surface area contributed by atoms with Gasteiger partial charge in [0.25, 0.3) is 0 Å². The van der Waals surface area contributed by atoms with Crippen LogP contribution in [0.4, 0.5) is 0 Å². The molecule has 0 bridgehead atoms. The molecule has 0 radical (unpaired) electrons. The summed E-state index contributed by atoms with van der Waals surface area (Å²) in [4.78, 5) is 48.5. The number of ether oxygens (including phenoxy) is 1. The van der Waals surface area contributed by atoms with Crippen LogP contribution in [-0.4, -0.2) is 114 Å². The maximum atomic E-state index is 13.6. The summed E-state index contributed by atoms with van der Waals surface area (Å²) in [6, 6.07) is 23.3. The van der Waals surface area contributed by atoms with E-state index in [0.717, 1.165) is 24.7 Å². The molecule has 8 rings (SSSR count). The van der Waals surface area contributed by atoms with Crippen LogP contribution in [0.15, 0.2) is 118 Å². The molecule has 0 saturated carbocycles. The number of sulfonamides is 2. The molecule has 21 heteroatoms. The van der Waals surface area contributed by atoms with Gasteiger partial charge in [-0.3, -0.25) is 14.4 Å². The Morgan fingerprint density at radius 2 is 1.17 bits per heavy atom. The first kappa shape index (κ1) is 53.5. The summed E-state index contributed by atoms with van der Waals surface area (Å²) in [5.74, 6) is -0.679. The van der Waals surface area contributed by atoms with E-state index in [0.29, 0.717) is 83.8 Å². The smallest absolute Gasteiger partial charge is 0.308 e. The van der Waals surface area contributed by atoms with Gasteiger partial charge in [-0.25, -0.2) is 25.3 Å². The molecule has 4 aromatic carbocycles. The number of hydrogen-bond acceptors (Lipinski definition) is 10. The van der Waals surface area contributed by atoms with Crippen molar-refractivity contribution in [2.75, 3.05) is 39.5 Å². The molecule has 2 saturated heterocycles. The Morgan fingerprint density at radius 1 is 0.648 bits per heavy atom. The standard InChI is InChI=1S/C25H27Cl2N3O5S.C25H31N3O5S2/c1-35-25(32)17-11-13-30(14-12-17)24(31)21(10-9-16-5-2-3-6-18(16)26)29-36(33,34)22-8-4-7-20-23(22)19(27)15-28-20;1-18-13-16-28(17-14-18)25(29)22(11-10-19-6-3-4-8-23(19)34(2,30)31)27-35(32,33)24-9-5-7-21-20(24)12-15-26-21/h2-8,15,17,21,28-29H,9-14H2,1H3;3-9,12,15,18,22,26-27H,10-11,13-14,16-17H2,1-2H3. The van der Waals surface area contributed by atoms with E-state index in [-0.39, 0.29) is 62.7 Å². The predicted molar refractivity (Wildman–Crippen MR) is 274 cm³/mol. The number of carbonyl (C=O) groups is 3. The largest absolute Gasteiger partial charge is 0.469 e. The third-order valence-corrected chi connectivity index (χ3v) is 18.0. The number of esters is 1. The number of aryl methyl sites for hydroxylation is 2. The van der Waals surface area contributed by atoms with Gasteiger partial charge >= 0.3 is 5.97 Å². The molecule has 2 unspecified atom stereocenters. The average molecular weight is 1070 g/mol. The topological polar surface area (TPSA) is 225 Å². The van der Waals surface area contributed by atoms with Gasteiger partial charge in [-0.15, -0.1) is 0 Å². The molecule has 0 spiro atoms. The molecule has 2 fully saturated rings. The van der Waals surface area contributed by atoms with E-state index in [1.165, 1.54) is 31.5 Å². The van der Waals surface area contributed by atoms with Gasteiger partial charge in [0.05, 0.1) is 32.7 Å². The molecule has 6 aromatic rings. The minimum atomic E-state index is -4.11. The molecule has 2 aliphatic heterocycles. The Balaban J connectivity index is 0.000000209. The summed E-state index contributed by atoms with van der Waals surface area (Å²) in [6.45, 7) is 3.96. The van der Waals surface area contributed by atoms with Crippen LogP contribution in [-0.2, 0) is 61.8 Å². The van der Waals surface area contributed by atoms with Crippen molar-refractivity contribution in [1.82, 2.24) is 29.2 Å². The Morgan fingerprint density at radius 3 is 1.77 bits per heavy atom. The van der Waals surface area contributed by atoms with Gasteiger partial charge in [-0.05, 0) is 111 Å². The van der Waals surface area contributed by atoms with Gasteiger partial charge in [0.15, 0.2) is 9.84 Å². The molecule has 16 nitrogen and oxygen atoms in total. The van der Waals surface area contributed by atoms with Crippen molar-refractivity contribution in [1.29, 1.82) is 0 Å². The van der Waals surface area contributed by atoms with Crippen molar-refractivity contribution in [3.8, 4) is 0 Å². The fourth-order valence-corrected chi connectivity index (χ4v) is 13.6. The van der Waals surface area contributed by atoms with Crippen LogP contribution < -0.4 is 9.44 Å². The zero-order valence-electron chi connectivity index (χ0n) is 39.6. The number of halogens is 2. The maximum Gasteiger partial charge on any atom is 0.308 e. The first-order valence-corrected chi connectivity index (χ1v) is 28.9. The maximum absolute atomic E-state index is 13.6. The van der Waals surface area contributed by atoms with E-state index in [1.54, 1.807) is 70.6 Å². The molecule has 380 valence electrons. The summed E-state index contributed by atoms with van der Waals surface area (Å²) >= 11 is 12.6. The Kier molecular flexibility index (Phi) is 17.4. The van der Waals surface area contributed by atoms with E-state index < -0.39 is 42.0 Å². The zero-order chi connectivity index (χ0) is 51.1. The summed E-state index contributed by atoms with van der Waals surface area (Å²) in [7, 11) is -10.3. The predicted octanol–water partition coefficient (Wildman–Crippen LogP) is 7.28. The zero-order valence-corrected chi connectivity index (χ0v) is 43.5. The van der Waals surface area contributed by atoms with E-state index in [4.69, 9.17) is 27.9 Å². The number of nitrogens with one attached hydrogen (secondary N) is 4. The highest BCUT2D eigenvalue weighted by atomic mass is 35.5. The normalized spacial score (nSPS) is 16.1. The number of nitrogens with zero attached hydrogens (tertiary/aromatic N) is 2. The third-order valence-electron chi connectivity index (χ3n) is 13.1. The van der Waals surface area contributed by atoms with E-state index in [1.807, 2.05) is 18.2 Å². The van der Waals surface area contributed by atoms with Crippen molar-refractivity contribution in [2.24, 2.45) is 11.8 Å². The number of aromatic nitrogens is 2. The van der Waals surface area contributed by atoms with Crippen LogP contribution in [0.1, 0.15) is 56.6 Å². The highest BCUT2D eigenvalue weighted by Crippen LogP contribution is 2.31. The van der Waals surface area contributed by atoms with Crippen LogP contribution in [0.5, 0.6) is 0 Å². The van der Waals surface area contributed by atoms with Crippen molar-refractivity contribution < 1.29 is 44.4 Å². The van der Waals surface area contributed by atoms with E-state index >= 15 is 0 Å². The van der Waals surface area contributed by atoms with E-state index in [9.17, 15) is 39.6 Å². The Hall–Kier alpha value is -5.28. The first-order chi connectivity index (χ1) is 33.8. The lowest BCUT2D eigenvalue weighted by Crippen LogP contribution is -2.51. The van der Waals surface area contributed by atoms with Crippen LogP contribution >= 0.6 is 23.2 Å². The number of carbonyl (C=O) groups excluding carboxylic acids is 3. The van der Waals surface area contributed by atoms with Gasteiger partial charge in [0.1, 0.15) is 12.1 Å². The molecule has 4 heterocycles. The van der Waals surface area contributed by atoms with Gasteiger partial charge < -0.3 is 24.5 Å². The second-order valence-corrected chi connectivity index (χ2v) is 24.2. The molecule has 4 N–H and O–H groups in total. The molecular weight excluding hydrogens is 1010 g/mol. The summed E-state index contributed by atoms with van der Waals surface area (Å²) in [5, 5.41) is 1.73. The number of piperidine rings is 2. The Labute approximate surface area is 424 Å². The molecule has 0 aliphatic carbocycles. The van der Waals surface area contributed by atoms with Gasteiger partial charge in [0.2, 0.25) is 31.9 Å². The third kappa shape index (κ3) is 13.0. The fraction of sp³-hybridized carbons (Fsp3) is 0.380. The highest BCUT2D eigenvalue weighted by Gasteiger charge is 2.35. The van der Waals surface area contributed by atoms with Crippen molar-refractivity contribution in [2.45, 2.75) is 85.1 Å². The number of aromatic amines is 2. The van der Waals surface area contributed by atoms with Gasteiger partial charge in [0, 0.05) is 71.7 Å². The van der Waals surface area contributed by atoms with Crippen LogP contribution in [0, 0.1) is 11.8 Å². The summed E-state index contributed by atoms with van der Waals surface area (Å²) in [6.07, 6.45) is 7.96. The fourth-order valence-electron chi connectivity index (χ4n) is 9.14. The number of H-pyrrole nitrogens is 2. The van der Waals surface area contributed by atoms with Crippen LogP contribution in [0.25, 0.3) is 21.8 Å². The lowest BCUT2D eigenvalue weighted by atomic mass is 9.96. The number of benzene rings is 4. The van der Waals surface area contributed by atoms with Crippen molar-refractivity contribution in [3.63, 3.8) is 0 Å². The van der Waals surface area contributed by atoms with Crippen molar-refractivity contribution in [3.05, 3.63) is 125 Å². The summed E-state index contributed by atoms with van der Waals surface area (Å²) < 4.78 is 88.5. The number of fused-ring (bicyclic) bond motifs is 2. The average Bonchev–Trinajstić information content (AvgIpc) is 4.00. The quantitative estimate of drug-likeness (QED) is 0.0709. The monoisotopic (exact) mass is 1070 g/mol. The number of rotatable bonds is 16. The number of hydrogen-bond donors (Lipinski definition) is 4.